The van der Waals surface area contributed by atoms with Crippen LogP contribution in [0.3, 0.4) is 0 Å². The maximum absolute atomic E-state index is 12.1. The first kappa shape index (κ1) is 16.3. The third-order valence-electron chi connectivity index (χ3n) is 2.58. The minimum absolute atomic E-state index is 0.00197. The van der Waals surface area contributed by atoms with Gasteiger partial charge in [0.2, 0.25) is 10.0 Å². The van der Waals surface area contributed by atoms with Crippen molar-refractivity contribution in [2.75, 3.05) is 6.61 Å². The topological polar surface area (TPSA) is 106 Å². The zero-order chi connectivity index (χ0) is 16.2. The average Bonchev–Trinajstić information content (AvgIpc) is 2.97. The molecule has 0 unspecified atom stereocenters. The summed E-state index contributed by atoms with van der Waals surface area (Å²) >= 11 is 5.89. The van der Waals surface area contributed by atoms with E-state index < -0.39 is 22.6 Å². The Bertz CT molecular complexity index is 757. The summed E-state index contributed by atoms with van der Waals surface area (Å²) < 4.78 is 36.5. The number of carboxylic acid groups (broad SMARTS) is 1. The monoisotopic (exact) mass is 345 g/mol. The predicted octanol–water partition coefficient (Wildman–Crippen LogP) is 1.87. The van der Waals surface area contributed by atoms with Gasteiger partial charge in [-0.3, -0.25) is 0 Å². The summed E-state index contributed by atoms with van der Waals surface area (Å²) in [5.74, 6) is -0.599. The molecule has 9 heteroatoms. The third-order valence-corrected chi connectivity index (χ3v) is 4.28. The second-order valence-corrected chi connectivity index (χ2v) is 6.35. The number of halogens is 1. The van der Waals surface area contributed by atoms with Crippen molar-refractivity contribution in [3.63, 3.8) is 0 Å². The van der Waals surface area contributed by atoms with Gasteiger partial charge in [0, 0.05) is 0 Å². The van der Waals surface area contributed by atoms with Gasteiger partial charge in [-0.05, 0) is 30.3 Å². The van der Waals surface area contributed by atoms with Crippen LogP contribution in [0.1, 0.15) is 5.76 Å². The summed E-state index contributed by atoms with van der Waals surface area (Å²) in [6, 6.07) is 7.04. The fourth-order valence-electron chi connectivity index (χ4n) is 1.57. The molecule has 2 aromatic rings. The maximum atomic E-state index is 12.1. The van der Waals surface area contributed by atoms with Crippen LogP contribution >= 0.6 is 11.6 Å². The van der Waals surface area contributed by atoms with Gasteiger partial charge in [0.15, 0.2) is 6.61 Å². The molecule has 22 heavy (non-hydrogen) atoms. The van der Waals surface area contributed by atoms with Gasteiger partial charge in [0.25, 0.3) is 0 Å². The number of furan rings is 1. The van der Waals surface area contributed by atoms with Gasteiger partial charge in [-0.1, -0.05) is 11.6 Å². The van der Waals surface area contributed by atoms with E-state index in [2.05, 4.69) is 4.72 Å². The Labute approximate surface area is 131 Å². The number of hydrogen-bond acceptors (Lipinski definition) is 5. The van der Waals surface area contributed by atoms with Gasteiger partial charge < -0.3 is 14.3 Å². The average molecular weight is 346 g/mol. The van der Waals surface area contributed by atoms with Crippen molar-refractivity contribution < 1.29 is 27.5 Å². The highest BCUT2D eigenvalue weighted by Crippen LogP contribution is 2.27. The molecule has 2 rings (SSSR count). The lowest BCUT2D eigenvalue weighted by molar-refractivity contribution is -0.139. The maximum Gasteiger partial charge on any atom is 0.341 e. The smallest absolute Gasteiger partial charge is 0.341 e. The molecule has 0 spiro atoms. The normalized spacial score (nSPS) is 11.3. The van der Waals surface area contributed by atoms with E-state index in [-0.39, 0.29) is 22.2 Å². The van der Waals surface area contributed by atoms with E-state index in [0.717, 1.165) is 0 Å². The number of benzene rings is 1. The van der Waals surface area contributed by atoms with Gasteiger partial charge in [0.1, 0.15) is 11.5 Å². The molecule has 0 aliphatic carbocycles. The first-order valence-electron chi connectivity index (χ1n) is 6.04. The van der Waals surface area contributed by atoms with Crippen molar-refractivity contribution in [2.45, 2.75) is 11.4 Å². The van der Waals surface area contributed by atoms with Crippen LogP contribution in [0.5, 0.6) is 5.75 Å². The number of rotatable bonds is 7. The van der Waals surface area contributed by atoms with E-state index in [1.54, 1.807) is 12.1 Å². The van der Waals surface area contributed by atoms with Crippen molar-refractivity contribution in [1.82, 2.24) is 4.72 Å². The van der Waals surface area contributed by atoms with Crippen molar-refractivity contribution in [2.24, 2.45) is 0 Å². The summed E-state index contributed by atoms with van der Waals surface area (Å²) in [6.07, 6.45) is 1.44. The molecule has 2 N–H and O–H groups in total. The van der Waals surface area contributed by atoms with Crippen molar-refractivity contribution in [3.8, 4) is 5.75 Å². The summed E-state index contributed by atoms with van der Waals surface area (Å²) in [4.78, 5) is 10.4. The standard InChI is InChI=1S/C13H12ClNO6S/c14-11-6-10(3-4-12(11)21-8-13(16)17)22(18,19)15-7-9-2-1-5-20-9/h1-6,15H,7-8H2,(H,16,17). The van der Waals surface area contributed by atoms with E-state index in [1.165, 1.54) is 24.5 Å². The molecule has 0 radical (unpaired) electrons. The Hall–Kier alpha value is -2.03. The number of carboxylic acids is 1. The molecule has 0 amide bonds. The first-order chi connectivity index (χ1) is 10.4. The second-order valence-electron chi connectivity index (χ2n) is 4.18. The Morgan fingerprint density at radius 1 is 1.36 bits per heavy atom. The highest BCUT2D eigenvalue weighted by atomic mass is 35.5. The number of ether oxygens (including phenoxy) is 1. The van der Waals surface area contributed by atoms with Gasteiger partial charge in [-0.2, -0.15) is 0 Å². The molecule has 1 aromatic carbocycles. The summed E-state index contributed by atoms with van der Waals surface area (Å²) in [5.41, 5.74) is 0. The third kappa shape index (κ3) is 4.23. The summed E-state index contributed by atoms with van der Waals surface area (Å²) in [5, 5.41) is 8.53. The second kappa shape index (κ2) is 6.82. The van der Waals surface area contributed by atoms with Crippen LogP contribution in [0.25, 0.3) is 0 Å². The number of sulfonamides is 1. The lowest BCUT2D eigenvalue weighted by Crippen LogP contribution is -2.23. The highest BCUT2D eigenvalue weighted by Gasteiger charge is 2.16. The Morgan fingerprint density at radius 2 is 2.14 bits per heavy atom. The van der Waals surface area contributed by atoms with Crippen LogP contribution in [0, 0.1) is 0 Å². The zero-order valence-electron chi connectivity index (χ0n) is 11.2. The molecule has 0 fully saturated rings. The largest absolute Gasteiger partial charge is 0.480 e. The highest BCUT2D eigenvalue weighted by molar-refractivity contribution is 7.89. The van der Waals surface area contributed by atoms with Gasteiger partial charge in [-0.25, -0.2) is 17.9 Å². The molecular formula is C13H12ClNO6S. The van der Waals surface area contributed by atoms with E-state index >= 15 is 0 Å². The zero-order valence-corrected chi connectivity index (χ0v) is 12.7. The SMILES string of the molecule is O=C(O)COc1ccc(S(=O)(=O)NCc2ccco2)cc1Cl. The lowest BCUT2D eigenvalue weighted by Gasteiger charge is -2.09. The fraction of sp³-hybridized carbons (Fsp3) is 0.154. The van der Waals surface area contributed by atoms with Crippen LogP contribution < -0.4 is 9.46 Å². The number of hydrogen-bond donors (Lipinski definition) is 2. The summed E-state index contributed by atoms with van der Waals surface area (Å²) in [6.45, 7) is -0.563. The van der Waals surface area contributed by atoms with Crippen molar-refractivity contribution in [1.29, 1.82) is 0 Å². The number of nitrogens with one attached hydrogen (secondary N) is 1. The predicted molar refractivity (Wildman–Crippen MR) is 77.3 cm³/mol. The Morgan fingerprint density at radius 3 is 2.73 bits per heavy atom. The Kier molecular flexibility index (Phi) is 5.07. The number of carbonyl (C=O) groups is 1. The summed E-state index contributed by atoms with van der Waals surface area (Å²) in [7, 11) is -3.77. The molecule has 1 aromatic heterocycles. The van der Waals surface area contributed by atoms with Crippen molar-refractivity contribution in [3.05, 3.63) is 47.4 Å². The quantitative estimate of drug-likeness (QED) is 0.793. The fourth-order valence-corrected chi connectivity index (χ4v) is 2.89. The minimum Gasteiger partial charge on any atom is -0.480 e. The van der Waals surface area contributed by atoms with Crippen molar-refractivity contribution >= 4 is 27.6 Å². The van der Waals surface area contributed by atoms with Crippen LogP contribution in [0.4, 0.5) is 0 Å². The minimum atomic E-state index is -3.77. The van der Waals surface area contributed by atoms with Gasteiger partial charge >= 0.3 is 5.97 Å². The molecule has 0 atom stereocenters. The van der Waals surface area contributed by atoms with Crippen LogP contribution in [0.2, 0.25) is 5.02 Å². The molecule has 0 saturated carbocycles. The molecule has 0 bridgehead atoms. The molecule has 0 aliphatic rings. The van der Waals surface area contributed by atoms with E-state index in [0.29, 0.717) is 5.76 Å². The molecule has 118 valence electrons. The molecule has 1 heterocycles. The molecule has 0 aliphatic heterocycles. The van der Waals surface area contributed by atoms with E-state index in [1.807, 2.05) is 0 Å². The molecule has 0 saturated heterocycles. The van der Waals surface area contributed by atoms with E-state index in [9.17, 15) is 13.2 Å². The van der Waals surface area contributed by atoms with E-state index in [4.69, 9.17) is 25.9 Å². The molecular weight excluding hydrogens is 334 g/mol. The van der Waals surface area contributed by atoms with Crippen LogP contribution in [-0.2, 0) is 21.4 Å². The number of aliphatic carboxylic acids is 1. The van der Waals surface area contributed by atoms with Crippen LogP contribution in [-0.4, -0.2) is 26.1 Å². The first-order valence-corrected chi connectivity index (χ1v) is 7.91. The van der Waals surface area contributed by atoms with Gasteiger partial charge in [0.05, 0.1) is 22.7 Å². The molecule has 7 nitrogen and oxygen atoms in total. The lowest BCUT2D eigenvalue weighted by atomic mass is 10.3. The van der Waals surface area contributed by atoms with Crippen LogP contribution in [0.15, 0.2) is 45.9 Å². The Balaban J connectivity index is 2.10. The van der Waals surface area contributed by atoms with Gasteiger partial charge in [-0.15, -0.1) is 0 Å².